The lowest BCUT2D eigenvalue weighted by Gasteiger charge is -2.10. The summed E-state index contributed by atoms with van der Waals surface area (Å²) in [6.07, 6.45) is 1.01. The van der Waals surface area contributed by atoms with Gasteiger partial charge in [0.1, 0.15) is 0 Å². The molecule has 0 aromatic carbocycles. The SMILES string of the molecule is CN=C(NCCc1cccs1)NCc1csc(N(C)C)n1.I. The molecule has 2 aromatic rings. The van der Waals surface area contributed by atoms with Crippen LogP contribution in [0.4, 0.5) is 5.13 Å². The van der Waals surface area contributed by atoms with Gasteiger partial charge >= 0.3 is 0 Å². The highest BCUT2D eigenvalue weighted by molar-refractivity contribution is 14.0. The van der Waals surface area contributed by atoms with Crippen LogP contribution in [-0.2, 0) is 13.0 Å². The highest BCUT2D eigenvalue weighted by Gasteiger charge is 2.04. The third-order valence-electron chi connectivity index (χ3n) is 2.83. The molecule has 0 aliphatic carbocycles. The number of nitrogens with zero attached hydrogens (tertiary/aromatic N) is 3. The van der Waals surface area contributed by atoms with Gasteiger partial charge < -0.3 is 15.5 Å². The van der Waals surface area contributed by atoms with Crippen molar-refractivity contribution in [2.24, 2.45) is 4.99 Å². The van der Waals surface area contributed by atoms with E-state index in [0.29, 0.717) is 6.54 Å². The Bertz CT molecular complexity index is 566. The van der Waals surface area contributed by atoms with E-state index in [1.807, 2.05) is 19.0 Å². The maximum atomic E-state index is 4.54. The largest absolute Gasteiger partial charge is 0.356 e. The molecule has 0 radical (unpaired) electrons. The van der Waals surface area contributed by atoms with Gasteiger partial charge in [0.25, 0.3) is 0 Å². The topological polar surface area (TPSA) is 52.6 Å². The lowest BCUT2D eigenvalue weighted by Crippen LogP contribution is -2.37. The average molecular weight is 451 g/mol. The van der Waals surface area contributed by atoms with Crippen LogP contribution in [0.3, 0.4) is 0 Å². The van der Waals surface area contributed by atoms with E-state index in [-0.39, 0.29) is 24.0 Å². The van der Waals surface area contributed by atoms with Gasteiger partial charge in [-0.25, -0.2) is 4.98 Å². The Balaban J connectivity index is 0.00000242. The number of nitrogens with one attached hydrogen (secondary N) is 2. The number of halogens is 1. The summed E-state index contributed by atoms with van der Waals surface area (Å²) in [6.45, 7) is 1.56. The minimum Gasteiger partial charge on any atom is -0.356 e. The van der Waals surface area contributed by atoms with Crippen LogP contribution in [0.15, 0.2) is 27.9 Å². The van der Waals surface area contributed by atoms with Gasteiger partial charge in [0.15, 0.2) is 11.1 Å². The third kappa shape index (κ3) is 6.09. The summed E-state index contributed by atoms with van der Waals surface area (Å²) in [5.74, 6) is 0.811. The van der Waals surface area contributed by atoms with Crippen molar-refractivity contribution in [2.45, 2.75) is 13.0 Å². The summed E-state index contributed by atoms with van der Waals surface area (Å²) in [4.78, 5) is 12.2. The maximum Gasteiger partial charge on any atom is 0.191 e. The molecule has 8 heteroatoms. The normalized spacial score (nSPS) is 11.0. The van der Waals surface area contributed by atoms with Crippen molar-refractivity contribution in [1.29, 1.82) is 0 Å². The summed E-state index contributed by atoms with van der Waals surface area (Å²) in [7, 11) is 5.79. The minimum atomic E-state index is 0. The fraction of sp³-hybridized carbons (Fsp3) is 0.429. The molecule has 22 heavy (non-hydrogen) atoms. The second kappa shape index (κ2) is 10.0. The number of thiophene rings is 1. The summed E-state index contributed by atoms with van der Waals surface area (Å²) >= 11 is 3.43. The summed E-state index contributed by atoms with van der Waals surface area (Å²) in [5, 5.41) is 11.8. The molecule has 2 N–H and O–H groups in total. The van der Waals surface area contributed by atoms with Gasteiger partial charge in [-0.05, 0) is 17.9 Å². The molecule has 0 aliphatic rings. The fourth-order valence-corrected chi connectivity index (χ4v) is 3.20. The van der Waals surface area contributed by atoms with Gasteiger partial charge in [-0.1, -0.05) is 6.07 Å². The standard InChI is InChI=1S/C14H21N5S2.HI/c1-15-13(16-7-6-12-5-4-8-20-12)17-9-11-10-21-14(18-11)19(2)3;/h4-5,8,10H,6-7,9H2,1-3H3,(H2,15,16,17);1H. The zero-order valence-corrected chi connectivity index (χ0v) is 17.0. The fourth-order valence-electron chi connectivity index (χ4n) is 1.74. The van der Waals surface area contributed by atoms with Crippen LogP contribution in [0.5, 0.6) is 0 Å². The van der Waals surface area contributed by atoms with Crippen LogP contribution in [0.2, 0.25) is 0 Å². The number of aromatic nitrogens is 1. The zero-order valence-electron chi connectivity index (χ0n) is 13.0. The van der Waals surface area contributed by atoms with Crippen molar-refractivity contribution in [1.82, 2.24) is 15.6 Å². The van der Waals surface area contributed by atoms with Gasteiger partial charge in [-0.2, -0.15) is 0 Å². The first kappa shape index (κ1) is 19.2. The Morgan fingerprint density at radius 1 is 1.32 bits per heavy atom. The summed E-state index contributed by atoms with van der Waals surface area (Å²) < 4.78 is 0. The quantitative estimate of drug-likeness (QED) is 0.403. The Kier molecular flexibility index (Phi) is 8.72. The molecule has 2 rings (SSSR count). The molecule has 122 valence electrons. The van der Waals surface area contributed by atoms with Crippen molar-refractivity contribution >= 4 is 57.7 Å². The van der Waals surface area contributed by atoms with E-state index < -0.39 is 0 Å². The van der Waals surface area contributed by atoms with E-state index in [4.69, 9.17) is 0 Å². The molecule has 2 aromatic heterocycles. The zero-order chi connectivity index (χ0) is 15.1. The molecule has 0 amide bonds. The van der Waals surface area contributed by atoms with Gasteiger partial charge in [-0.15, -0.1) is 46.7 Å². The summed E-state index contributed by atoms with van der Waals surface area (Å²) in [6, 6.07) is 4.23. The lowest BCUT2D eigenvalue weighted by molar-refractivity contribution is 0.789. The van der Waals surface area contributed by atoms with E-state index in [0.717, 1.165) is 29.8 Å². The molecular weight excluding hydrogens is 429 g/mol. The number of hydrogen-bond donors (Lipinski definition) is 2. The first-order valence-corrected chi connectivity index (χ1v) is 8.53. The molecule has 0 unspecified atom stereocenters. The number of rotatable bonds is 6. The predicted octanol–water partition coefficient (Wildman–Crippen LogP) is 2.80. The highest BCUT2D eigenvalue weighted by atomic mass is 127. The van der Waals surface area contributed by atoms with Crippen LogP contribution in [-0.4, -0.2) is 38.6 Å². The molecule has 0 fully saturated rings. The van der Waals surface area contributed by atoms with Crippen molar-refractivity contribution in [2.75, 3.05) is 32.6 Å². The number of anilines is 1. The monoisotopic (exact) mass is 451 g/mol. The smallest absolute Gasteiger partial charge is 0.191 e. The number of aliphatic imine (C=N–C) groups is 1. The van der Waals surface area contributed by atoms with Gasteiger partial charge in [0.2, 0.25) is 0 Å². The Morgan fingerprint density at radius 3 is 2.73 bits per heavy atom. The molecule has 5 nitrogen and oxygen atoms in total. The van der Waals surface area contributed by atoms with E-state index in [1.54, 1.807) is 29.7 Å². The van der Waals surface area contributed by atoms with E-state index in [1.165, 1.54) is 4.88 Å². The molecule has 0 aliphatic heterocycles. The Labute approximate surface area is 156 Å². The predicted molar refractivity (Wildman–Crippen MR) is 108 cm³/mol. The van der Waals surface area contributed by atoms with Crippen LogP contribution in [0.25, 0.3) is 0 Å². The van der Waals surface area contributed by atoms with Crippen LogP contribution in [0, 0.1) is 0 Å². The highest BCUT2D eigenvalue weighted by Crippen LogP contribution is 2.17. The maximum absolute atomic E-state index is 4.54. The van der Waals surface area contributed by atoms with Gasteiger partial charge in [0.05, 0.1) is 12.2 Å². The third-order valence-corrected chi connectivity index (χ3v) is 4.82. The molecule has 0 spiro atoms. The van der Waals surface area contributed by atoms with Crippen molar-refractivity contribution in [3.8, 4) is 0 Å². The van der Waals surface area contributed by atoms with Crippen molar-refractivity contribution in [3.05, 3.63) is 33.5 Å². The molecule has 0 saturated carbocycles. The lowest BCUT2D eigenvalue weighted by atomic mass is 10.3. The minimum absolute atomic E-state index is 0. The van der Waals surface area contributed by atoms with Gasteiger partial charge in [0, 0.05) is 37.9 Å². The van der Waals surface area contributed by atoms with Crippen molar-refractivity contribution < 1.29 is 0 Å². The molecule has 2 heterocycles. The van der Waals surface area contributed by atoms with Crippen LogP contribution in [0.1, 0.15) is 10.6 Å². The van der Waals surface area contributed by atoms with Crippen molar-refractivity contribution in [3.63, 3.8) is 0 Å². The van der Waals surface area contributed by atoms with E-state index in [2.05, 4.69) is 43.5 Å². The molecular formula is C14H22IN5S2. The first-order chi connectivity index (χ1) is 10.2. The van der Waals surface area contributed by atoms with Crippen LogP contribution < -0.4 is 15.5 Å². The van der Waals surface area contributed by atoms with E-state index >= 15 is 0 Å². The number of thiazole rings is 1. The summed E-state index contributed by atoms with van der Waals surface area (Å²) in [5.41, 5.74) is 1.03. The Hall–Kier alpha value is -0.870. The second-order valence-corrected chi connectivity index (χ2v) is 6.57. The van der Waals surface area contributed by atoms with Crippen LogP contribution >= 0.6 is 46.7 Å². The molecule has 0 bridgehead atoms. The Morgan fingerprint density at radius 2 is 2.14 bits per heavy atom. The first-order valence-electron chi connectivity index (χ1n) is 6.77. The number of guanidine groups is 1. The van der Waals surface area contributed by atoms with E-state index in [9.17, 15) is 0 Å². The van der Waals surface area contributed by atoms with Gasteiger partial charge in [-0.3, -0.25) is 4.99 Å². The average Bonchev–Trinajstić information content (AvgIpc) is 3.13. The second-order valence-electron chi connectivity index (χ2n) is 4.70. The molecule has 0 saturated heterocycles. The molecule has 0 atom stereocenters. The number of hydrogen-bond acceptors (Lipinski definition) is 5.